The van der Waals surface area contributed by atoms with E-state index in [0.29, 0.717) is 52.8 Å². The number of rotatable bonds is 8. The van der Waals surface area contributed by atoms with Crippen molar-refractivity contribution < 1.29 is 19.1 Å². The Morgan fingerprint density at radius 1 is 1.21 bits per heavy atom. The zero-order valence-corrected chi connectivity index (χ0v) is 18.2. The van der Waals surface area contributed by atoms with Crippen molar-refractivity contribution in [3.05, 3.63) is 41.1 Å². The maximum atomic E-state index is 12.0. The van der Waals surface area contributed by atoms with E-state index in [1.165, 1.54) is 0 Å². The number of nitrogens with zero attached hydrogens (tertiary/aromatic N) is 4. The average Bonchev–Trinajstić information content (AvgIpc) is 3.45. The summed E-state index contributed by atoms with van der Waals surface area (Å²) in [7, 11) is 3.21. The molecule has 1 aromatic carbocycles. The number of carbonyl (C=O) groups is 2. The molecule has 2 aromatic heterocycles. The van der Waals surface area contributed by atoms with E-state index in [1.54, 1.807) is 31.0 Å². The van der Waals surface area contributed by atoms with Crippen LogP contribution in [0.4, 0.5) is 11.9 Å². The molecule has 0 atom stereocenters. The highest BCUT2D eigenvalue weighted by molar-refractivity contribution is 6.15. The number of ether oxygens (including phenoxy) is 2. The zero-order valence-electron chi connectivity index (χ0n) is 18.2. The molecule has 170 valence electrons. The van der Waals surface area contributed by atoms with Crippen molar-refractivity contribution in [1.29, 1.82) is 0 Å². The first kappa shape index (κ1) is 20.7. The summed E-state index contributed by atoms with van der Waals surface area (Å²) in [5.74, 6) is 1.64. The first-order chi connectivity index (χ1) is 16.0. The van der Waals surface area contributed by atoms with E-state index in [0.717, 1.165) is 18.4 Å². The number of carbonyl (C=O) groups excluding carboxylic acids is 2. The van der Waals surface area contributed by atoms with Gasteiger partial charge in [0.05, 0.1) is 26.8 Å². The smallest absolute Gasteiger partial charge is 0.254 e. The third-order valence-electron chi connectivity index (χ3n) is 5.46. The number of benzene rings is 1. The third kappa shape index (κ3) is 4.29. The van der Waals surface area contributed by atoms with E-state index < -0.39 is 5.91 Å². The summed E-state index contributed by atoms with van der Waals surface area (Å²) < 4.78 is 12.3. The van der Waals surface area contributed by atoms with Crippen molar-refractivity contribution in [3.8, 4) is 11.5 Å². The molecule has 0 radical (unpaired) electrons. The largest absolute Gasteiger partial charge is 0.497 e. The molecule has 1 saturated carbocycles. The van der Waals surface area contributed by atoms with Crippen LogP contribution in [0.15, 0.2) is 30.0 Å². The van der Waals surface area contributed by atoms with Gasteiger partial charge in [0.15, 0.2) is 5.65 Å². The van der Waals surface area contributed by atoms with E-state index in [1.807, 2.05) is 18.2 Å². The molecule has 2 fully saturated rings. The van der Waals surface area contributed by atoms with Crippen molar-refractivity contribution >= 4 is 35.4 Å². The molecule has 2 aliphatic rings. The van der Waals surface area contributed by atoms with Gasteiger partial charge in [-0.15, -0.1) is 0 Å². The Balaban J connectivity index is 1.48. The lowest BCUT2D eigenvalue weighted by Gasteiger charge is -2.13. The highest BCUT2D eigenvalue weighted by Gasteiger charge is 2.26. The van der Waals surface area contributed by atoms with Crippen LogP contribution in [0.3, 0.4) is 0 Å². The van der Waals surface area contributed by atoms with Crippen LogP contribution in [0.2, 0.25) is 0 Å². The van der Waals surface area contributed by atoms with Gasteiger partial charge >= 0.3 is 0 Å². The second-order valence-corrected chi connectivity index (χ2v) is 7.88. The van der Waals surface area contributed by atoms with E-state index in [2.05, 4.69) is 31.0 Å². The Hall–Kier alpha value is -4.15. The molecule has 3 aromatic rings. The molecule has 0 bridgehead atoms. The molecule has 1 aliphatic heterocycles. The second kappa shape index (κ2) is 8.41. The number of anilines is 2. The van der Waals surface area contributed by atoms with Gasteiger partial charge in [-0.25, -0.2) is 0 Å². The molecule has 11 nitrogen and oxygen atoms in total. The van der Waals surface area contributed by atoms with Gasteiger partial charge < -0.3 is 20.1 Å². The molecule has 3 N–H and O–H groups in total. The summed E-state index contributed by atoms with van der Waals surface area (Å²) in [4.78, 5) is 32.8. The molecule has 1 aliphatic carbocycles. The first-order valence-electron chi connectivity index (χ1n) is 10.6. The van der Waals surface area contributed by atoms with E-state index >= 15 is 0 Å². The molecule has 3 heterocycles. The van der Waals surface area contributed by atoms with Gasteiger partial charge in [-0.3, -0.25) is 14.9 Å². The second-order valence-electron chi connectivity index (χ2n) is 7.88. The Bertz CT molecular complexity index is 1280. The molecular formula is C22H23N7O4. The minimum atomic E-state index is -0.394. The summed E-state index contributed by atoms with van der Waals surface area (Å²) in [6.07, 6.45) is 5.43. The van der Waals surface area contributed by atoms with Gasteiger partial charge in [0.1, 0.15) is 11.5 Å². The summed E-state index contributed by atoms with van der Waals surface area (Å²) in [5, 5.41) is 13.3. The molecule has 0 spiro atoms. The van der Waals surface area contributed by atoms with Crippen LogP contribution in [-0.4, -0.2) is 51.7 Å². The average molecular weight is 449 g/mol. The summed E-state index contributed by atoms with van der Waals surface area (Å²) in [5.41, 5.74) is 2.44. The lowest BCUT2D eigenvalue weighted by atomic mass is 10.1. The minimum absolute atomic E-state index is 0.0385. The molecule has 0 unspecified atom stereocenters. The van der Waals surface area contributed by atoms with Gasteiger partial charge in [0.25, 0.3) is 5.91 Å². The van der Waals surface area contributed by atoms with Crippen LogP contribution in [0, 0.1) is 0 Å². The van der Waals surface area contributed by atoms with Crippen molar-refractivity contribution in [3.63, 3.8) is 0 Å². The number of imide groups is 1. The summed E-state index contributed by atoms with van der Waals surface area (Å²) >= 11 is 0. The first-order valence-corrected chi connectivity index (χ1v) is 10.6. The maximum Gasteiger partial charge on any atom is 0.254 e. The van der Waals surface area contributed by atoms with Gasteiger partial charge in [-0.1, -0.05) is 0 Å². The van der Waals surface area contributed by atoms with Gasteiger partial charge in [-0.05, 0) is 31.1 Å². The fourth-order valence-corrected chi connectivity index (χ4v) is 3.56. The quantitative estimate of drug-likeness (QED) is 0.348. The van der Waals surface area contributed by atoms with Gasteiger partial charge in [-0.2, -0.15) is 19.6 Å². The Morgan fingerprint density at radius 3 is 2.76 bits per heavy atom. The van der Waals surface area contributed by atoms with E-state index in [9.17, 15) is 9.59 Å². The van der Waals surface area contributed by atoms with Crippen LogP contribution in [0.1, 0.15) is 30.4 Å². The lowest BCUT2D eigenvalue weighted by molar-refractivity contribution is -0.124. The Kier molecular flexibility index (Phi) is 5.29. The minimum Gasteiger partial charge on any atom is -0.497 e. The van der Waals surface area contributed by atoms with Crippen LogP contribution >= 0.6 is 0 Å². The van der Waals surface area contributed by atoms with E-state index in [-0.39, 0.29) is 12.3 Å². The predicted molar refractivity (Wildman–Crippen MR) is 120 cm³/mol. The van der Waals surface area contributed by atoms with Crippen LogP contribution in [0.5, 0.6) is 11.5 Å². The van der Waals surface area contributed by atoms with Crippen LogP contribution in [0.25, 0.3) is 11.7 Å². The zero-order chi connectivity index (χ0) is 22.9. The molecule has 1 saturated heterocycles. The normalized spacial score (nSPS) is 16.8. The molecule has 5 rings (SSSR count). The number of nitrogens with one attached hydrogen (secondary N) is 3. The molecular weight excluding hydrogens is 426 g/mol. The SMILES string of the molecule is COc1ccc(CNc2nc(NC3CC3)n3ncc(/C=C4\CC(=O)NC4=O)c3n2)c(OC)c1. The number of hydrogen-bond donors (Lipinski definition) is 3. The third-order valence-corrected chi connectivity index (χ3v) is 5.46. The van der Waals surface area contributed by atoms with Crippen LogP contribution in [-0.2, 0) is 16.1 Å². The van der Waals surface area contributed by atoms with Crippen LogP contribution < -0.4 is 25.4 Å². The fraction of sp³-hybridized carbons (Fsp3) is 0.318. The highest BCUT2D eigenvalue weighted by Crippen LogP contribution is 2.28. The molecule has 33 heavy (non-hydrogen) atoms. The highest BCUT2D eigenvalue weighted by atomic mass is 16.5. The number of amides is 2. The summed E-state index contributed by atoms with van der Waals surface area (Å²) in [6.45, 7) is 0.424. The Morgan fingerprint density at radius 2 is 2.06 bits per heavy atom. The topological polar surface area (TPSA) is 132 Å². The monoisotopic (exact) mass is 449 g/mol. The fourth-order valence-electron chi connectivity index (χ4n) is 3.56. The lowest BCUT2D eigenvalue weighted by Crippen LogP contribution is -2.19. The number of aromatic nitrogens is 4. The number of hydrogen-bond acceptors (Lipinski definition) is 9. The van der Waals surface area contributed by atoms with Crippen molar-refractivity contribution in [2.24, 2.45) is 0 Å². The van der Waals surface area contributed by atoms with Crippen molar-refractivity contribution in [2.75, 3.05) is 24.9 Å². The molecule has 2 amide bonds. The number of fused-ring (bicyclic) bond motifs is 1. The number of methoxy groups -OCH3 is 2. The van der Waals surface area contributed by atoms with Gasteiger partial charge in [0, 0.05) is 35.4 Å². The Labute approximate surface area is 189 Å². The standard InChI is InChI=1S/C22H23N7O4/c1-32-16-6-3-12(17(9-16)33-2)10-23-21-27-19-14(7-13-8-18(30)26-20(13)31)11-24-29(19)22(28-21)25-15-4-5-15/h3,6-7,9,11,15H,4-5,8,10H2,1-2H3,(H,26,30,31)(H2,23,25,27,28)/b13-7+. The van der Waals surface area contributed by atoms with Gasteiger partial charge in [0.2, 0.25) is 17.8 Å². The summed E-state index contributed by atoms with van der Waals surface area (Å²) in [6, 6.07) is 5.94. The maximum absolute atomic E-state index is 12.0. The van der Waals surface area contributed by atoms with E-state index in [4.69, 9.17) is 9.47 Å². The van der Waals surface area contributed by atoms with Crippen molar-refractivity contribution in [1.82, 2.24) is 24.9 Å². The van der Waals surface area contributed by atoms with Crippen molar-refractivity contribution in [2.45, 2.75) is 31.8 Å². The predicted octanol–water partition coefficient (Wildman–Crippen LogP) is 1.76. The molecule has 11 heteroatoms.